The van der Waals surface area contributed by atoms with Crippen molar-refractivity contribution in [3.05, 3.63) is 23.8 Å². The van der Waals surface area contributed by atoms with Gasteiger partial charge in [-0.1, -0.05) is 0 Å². The molecule has 0 aliphatic heterocycles. The van der Waals surface area contributed by atoms with E-state index in [4.69, 9.17) is 20.3 Å². The third-order valence-corrected chi connectivity index (χ3v) is 1.93. The maximum Gasteiger partial charge on any atom is 0.252 e. The monoisotopic (exact) mass is 225 g/mol. The lowest BCUT2D eigenvalue weighted by atomic mass is 10.2. The molecule has 0 spiro atoms. The minimum absolute atomic E-state index is 0.180. The third-order valence-electron chi connectivity index (χ3n) is 1.93. The molecule has 1 amide bonds. The second kappa shape index (κ2) is 5.37. The molecule has 3 N–H and O–H groups in total. The minimum Gasteiger partial charge on any atom is -0.496 e. The van der Waals surface area contributed by atoms with Crippen molar-refractivity contribution in [3.63, 3.8) is 0 Å². The number of aliphatic hydroxyl groups excluding tert-OH is 1. The number of carbonyl (C=O) groups excluding carboxylic acids is 1. The first-order valence-corrected chi connectivity index (χ1v) is 4.83. The Morgan fingerprint density at radius 1 is 1.56 bits per heavy atom. The van der Waals surface area contributed by atoms with Gasteiger partial charge in [-0.3, -0.25) is 4.79 Å². The van der Waals surface area contributed by atoms with Gasteiger partial charge in [-0.2, -0.15) is 0 Å². The maximum absolute atomic E-state index is 11.0. The van der Waals surface area contributed by atoms with E-state index in [-0.39, 0.29) is 6.61 Å². The van der Waals surface area contributed by atoms with E-state index in [1.165, 1.54) is 13.2 Å². The summed E-state index contributed by atoms with van der Waals surface area (Å²) >= 11 is 0. The predicted molar refractivity (Wildman–Crippen MR) is 58.7 cm³/mol. The van der Waals surface area contributed by atoms with Crippen LogP contribution in [0.25, 0.3) is 0 Å². The van der Waals surface area contributed by atoms with Crippen LogP contribution in [0.15, 0.2) is 18.2 Å². The number of primary amides is 1. The smallest absolute Gasteiger partial charge is 0.252 e. The summed E-state index contributed by atoms with van der Waals surface area (Å²) in [4.78, 5) is 11.0. The van der Waals surface area contributed by atoms with E-state index in [9.17, 15) is 4.79 Å². The Hall–Kier alpha value is -1.75. The number of hydrogen-bond donors (Lipinski definition) is 2. The fraction of sp³-hybridized carbons (Fsp3) is 0.364. The Kier molecular flexibility index (Phi) is 4.13. The third kappa shape index (κ3) is 3.13. The van der Waals surface area contributed by atoms with Gasteiger partial charge in [-0.05, 0) is 19.1 Å². The van der Waals surface area contributed by atoms with Crippen LogP contribution in [0.4, 0.5) is 0 Å². The topological polar surface area (TPSA) is 81.8 Å². The molecule has 0 aliphatic carbocycles. The summed E-state index contributed by atoms with van der Waals surface area (Å²) in [6.45, 7) is 1.80. The highest BCUT2D eigenvalue weighted by Crippen LogP contribution is 2.24. The Balaban J connectivity index is 2.86. The minimum atomic E-state index is -0.557. The number of ether oxygens (including phenoxy) is 2. The summed E-state index contributed by atoms with van der Waals surface area (Å²) in [7, 11) is 1.44. The molecular formula is C11H15NO4. The largest absolute Gasteiger partial charge is 0.496 e. The Morgan fingerprint density at radius 2 is 2.25 bits per heavy atom. The molecule has 0 aromatic heterocycles. The molecular weight excluding hydrogens is 210 g/mol. The van der Waals surface area contributed by atoms with Crippen molar-refractivity contribution in [2.75, 3.05) is 13.7 Å². The average Bonchev–Trinajstić information content (AvgIpc) is 2.25. The maximum atomic E-state index is 11.0. The molecule has 0 saturated heterocycles. The first-order chi connectivity index (χ1) is 7.54. The van der Waals surface area contributed by atoms with Crippen LogP contribution in [0.5, 0.6) is 11.5 Å². The molecule has 1 aromatic rings. The van der Waals surface area contributed by atoms with Gasteiger partial charge in [0.1, 0.15) is 18.1 Å². The van der Waals surface area contributed by atoms with Crippen molar-refractivity contribution >= 4 is 5.91 Å². The van der Waals surface area contributed by atoms with Crippen molar-refractivity contribution in [2.24, 2.45) is 5.73 Å². The van der Waals surface area contributed by atoms with Crippen LogP contribution in [-0.2, 0) is 0 Å². The number of methoxy groups -OCH3 is 1. The van der Waals surface area contributed by atoms with E-state index in [1.54, 1.807) is 19.1 Å². The van der Waals surface area contributed by atoms with Crippen LogP contribution in [0.3, 0.4) is 0 Å². The van der Waals surface area contributed by atoms with Crippen molar-refractivity contribution in [3.8, 4) is 11.5 Å². The van der Waals surface area contributed by atoms with Crippen LogP contribution in [0, 0.1) is 0 Å². The fourth-order valence-corrected chi connectivity index (χ4v) is 1.18. The molecule has 0 radical (unpaired) electrons. The molecule has 1 rings (SSSR count). The molecule has 5 nitrogen and oxygen atoms in total. The number of amides is 1. The molecule has 0 saturated carbocycles. The average molecular weight is 225 g/mol. The molecule has 5 heteroatoms. The van der Waals surface area contributed by atoms with Gasteiger partial charge in [0.2, 0.25) is 0 Å². The van der Waals surface area contributed by atoms with E-state index in [2.05, 4.69) is 0 Å². The van der Waals surface area contributed by atoms with Crippen LogP contribution in [0.2, 0.25) is 0 Å². The lowest BCUT2D eigenvalue weighted by molar-refractivity contribution is 0.0996. The van der Waals surface area contributed by atoms with Gasteiger partial charge in [-0.15, -0.1) is 0 Å². The van der Waals surface area contributed by atoms with E-state index in [1.807, 2.05) is 0 Å². The van der Waals surface area contributed by atoms with Crippen molar-refractivity contribution < 1.29 is 19.4 Å². The van der Waals surface area contributed by atoms with E-state index in [0.717, 1.165) is 0 Å². The number of hydrogen-bond acceptors (Lipinski definition) is 4. The molecule has 88 valence electrons. The van der Waals surface area contributed by atoms with Gasteiger partial charge in [-0.25, -0.2) is 0 Å². The van der Waals surface area contributed by atoms with Gasteiger partial charge in [0.25, 0.3) is 5.91 Å². The van der Waals surface area contributed by atoms with Gasteiger partial charge in [0.15, 0.2) is 0 Å². The molecule has 0 bridgehead atoms. The molecule has 16 heavy (non-hydrogen) atoms. The Bertz CT molecular complexity index is 376. The van der Waals surface area contributed by atoms with Crippen LogP contribution in [-0.4, -0.2) is 30.8 Å². The van der Waals surface area contributed by atoms with Crippen molar-refractivity contribution in [1.82, 2.24) is 0 Å². The molecule has 0 aliphatic rings. The van der Waals surface area contributed by atoms with Crippen LogP contribution >= 0.6 is 0 Å². The van der Waals surface area contributed by atoms with E-state index >= 15 is 0 Å². The van der Waals surface area contributed by atoms with Gasteiger partial charge in [0, 0.05) is 6.07 Å². The quantitative estimate of drug-likeness (QED) is 0.766. The second-order valence-electron chi connectivity index (χ2n) is 3.39. The normalized spacial score (nSPS) is 11.9. The van der Waals surface area contributed by atoms with Crippen molar-refractivity contribution in [2.45, 2.75) is 13.0 Å². The number of benzene rings is 1. The first-order valence-electron chi connectivity index (χ1n) is 4.83. The number of rotatable bonds is 5. The zero-order valence-electron chi connectivity index (χ0n) is 9.27. The molecule has 1 aromatic carbocycles. The fourth-order valence-electron chi connectivity index (χ4n) is 1.18. The standard InChI is InChI=1S/C11H15NO4/c1-7(13)6-16-8-3-4-9(11(12)14)10(5-8)15-2/h3-5,7,13H,6H2,1-2H3,(H2,12,14)/t7-/m1/s1. The number of nitrogens with two attached hydrogens (primary N) is 1. The molecule has 0 fully saturated rings. The zero-order valence-corrected chi connectivity index (χ0v) is 9.27. The van der Waals surface area contributed by atoms with Gasteiger partial charge in [0.05, 0.1) is 18.8 Å². The number of aliphatic hydroxyl groups is 1. The number of carbonyl (C=O) groups is 1. The van der Waals surface area contributed by atoms with Gasteiger partial charge < -0.3 is 20.3 Å². The Morgan fingerprint density at radius 3 is 2.75 bits per heavy atom. The predicted octanol–water partition coefficient (Wildman–Crippen LogP) is 0.554. The van der Waals surface area contributed by atoms with E-state index < -0.39 is 12.0 Å². The molecule has 0 heterocycles. The summed E-state index contributed by atoms with van der Waals surface area (Å²) < 4.78 is 10.3. The summed E-state index contributed by atoms with van der Waals surface area (Å²) in [6.07, 6.45) is -0.554. The highest BCUT2D eigenvalue weighted by Gasteiger charge is 2.10. The summed E-state index contributed by atoms with van der Waals surface area (Å²) in [5.74, 6) is 0.317. The summed E-state index contributed by atoms with van der Waals surface area (Å²) in [5, 5.41) is 9.05. The SMILES string of the molecule is COc1cc(OC[C@@H](C)O)ccc1C(N)=O. The second-order valence-corrected chi connectivity index (χ2v) is 3.39. The van der Waals surface area contributed by atoms with Gasteiger partial charge >= 0.3 is 0 Å². The van der Waals surface area contributed by atoms with E-state index in [0.29, 0.717) is 17.1 Å². The van der Waals surface area contributed by atoms with Crippen LogP contribution in [0.1, 0.15) is 17.3 Å². The lowest BCUT2D eigenvalue weighted by Gasteiger charge is -2.11. The Labute approximate surface area is 93.8 Å². The summed E-state index contributed by atoms with van der Waals surface area (Å²) in [6, 6.07) is 4.69. The highest BCUT2D eigenvalue weighted by atomic mass is 16.5. The lowest BCUT2D eigenvalue weighted by Crippen LogP contribution is -2.14. The summed E-state index contributed by atoms with van der Waals surface area (Å²) in [5.41, 5.74) is 5.46. The molecule has 1 atom stereocenters. The first kappa shape index (κ1) is 12.3. The molecule has 0 unspecified atom stereocenters. The zero-order chi connectivity index (χ0) is 12.1. The van der Waals surface area contributed by atoms with Crippen molar-refractivity contribution in [1.29, 1.82) is 0 Å². The highest BCUT2D eigenvalue weighted by molar-refractivity contribution is 5.95. The van der Waals surface area contributed by atoms with Crippen LogP contribution < -0.4 is 15.2 Å².